The largest absolute Gasteiger partial charge is 0.493 e. The molecule has 0 radical (unpaired) electrons. The average molecular weight is 390 g/mol. The van der Waals surface area contributed by atoms with Crippen molar-refractivity contribution >= 4 is 39.1 Å². The summed E-state index contributed by atoms with van der Waals surface area (Å²) in [5.74, 6) is 0.556. The van der Waals surface area contributed by atoms with Crippen molar-refractivity contribution < 1.29 is 9.13 Å². The van der Waals surface area contributed by atoms with Crippen LogP contribution in [0.3, 0.4) is 0 Å². The molecule has 110 valence electrons. The van der Waals surface area contributed by atoms with Crippen LogP contribution in [-0.4, -0.2) is 6.61 Å². The summed E-state index contributed by atoms with van der Waals surface area (Å²) in [6.45, 7) is 0.656. The van der Waals surface area contributed by atoms with E-state index in [0.29, 0.717) is 28.6 Å². The Morgan fingerprint density at radius 3 is 2.86 bits per heavy atom. The maximum atomic E-state index is 13.9. The van der Waals surface area contributed by atoms with Crippen LogP contribution in [0.25, 0.3) is 0 Å². The highest BCUT2D eigenvalue weighted by Crippen LogP contribution is 2.41. The molecule has 1 unspecified atom stereocenters. The third-order valence-electron chi connectivity index (χ3n) is 3.56. The first-order chi connectivity index (χ1) is 10.1. The topological polar surface area (TPSA) is 9.23 Å². The highest BCUT2D eigenvalue weighted by molar-refractivity contribution is 9.09. The van der Waals surface area contributed by atoms with Crippen LogP contribution < -0.4 is 4.74 Å². The first-order valence-corrected chi connectivity index (χ1v) is 8.25. The fourth-order valence-electron chi connectivity index (χ4n) is 2.55. The summed E-state index contributed by atoms with van der Waals surface area (Å²) < 4.78 is 19.6. The molecule has 1 nitrogen and oxygen atoms in total. The molecule has 3 rings (SSSR count). The van der Waals surface area contributed by atoms with Gasteiger partial charge in [0.15, 0.2) is 0 Å². The van der Waals surface area contributed by atoms with Crippen molar-refractivity contribution in [3.63, 3.8) is 0 Å². The molecule has 0 amide bonds. The van der Waals surface area contributed by atoms with Crippen molar-refractivity contribution in [3.8, 4) is 5.75 Å². The number of alkyl halides is 1. The quantitative estimate of drug-likeness (QED) is 0.607. The molecular formula is C16H12BrCl2FO. The van der Waals surface area contributed by atoms with Crippen LogP contribution in [0.5, 0.6) is 5.75 Å². The van der Waals surface area contributed by atoms with Gasteiger partial charge < -0.3 is 4.74 Å². The van der Waals surface area contributed by atoms with Gasteiger partial charge in [0.05, 0.1) is 6.61 Å². The second kappa shape index (κ2) is 6.15. The standard InChI is InChI=1S/C16H12BrCl2FO/c17-13(8-12-14(19)2-1-3-15(12)20)11-7-10(18)6-9-4-5-21-16(9)11/h1-3,6-7,13H,4-5,8H2. The van der Waals surface area contributed by atoms with Gasteiger partial charge in [-0.3, -0.25) is 0 Å². The Morgan fingerprint density at radius 1 is 1.29 bits per heavy atom. The number of ether oxygens (including phenoxy) is 1. The Bertz CT molecular complexity index is 670. The molecule has 0 N–H and O–H groups in total. The Labute approximate surface area is 141 Å². The number of benzene rings is 2. The third-order valence-corrected chi connectivity index (χ3v) is 4.95. The maximum absolute atomic E-state index is 13.9. The minimum Gasteiger partial charge on any atom is -0.493 e. The molecule has 0 fully saturated rings. The summed E-state index contributed by atoms with van der Waals surface area (Å²) in [5, 5.41) is 1.09. The van der Waals surface area contributed by atoms with Crippen molar-refractivity contribution in [2.75, 3.05) is 6.61 Å². The second-order valence-electron chi connectivity index (χ2n) is 4.95. The molecule has 1 aliphatic rings. The van der Waals surface area contributed by atoms with Gasteiger partial charge in [0.25, 0.3) is 0 Å². The zero-order chi connectivity index (χ0) is 15.0. The summed E-state index contributed by atoms with van der Waals surface area (Å²) in [6.07, 6.45) is 1.28. The van der Waals surface area contributed by atoms with Gasteiger partial charge in [-0.15, -0.1) is 0 Å². The molecule has 1 heterocycles. The fraction of sp³-hybridized carbons (Fsp3) is 0.250. The molecule has 1 atom stereocenters. The molecule has 21 heavy (non-hydrogen) atoms. The highest BCUT2D eigenvalue weighted by Gasteiger charge is 2.23. The second-order valence-corrected chi connectivity index (χ2v) is 6.90. The normalized spacial score (nSPS) is 14.7. The minimum atomic E-state index is -0.299. The van der Waals surface area contributed by atoms with Crippen LogP contribution in [-0.2, 0) is 12.8 Å². The summed E-state index contributed by atoms with van der Waals surface area (Å²) in [7, 11) is 0. The Hall–Kier alpha value is -0.770. The zero-order valence-corrected chi connectivity index (χ0v) is 14.1. The fourth-order valence-corrected chi connectivity index (χ4v) is 3.70. The van der Waals surface area contributed by atoms with E-state index in [1.54, 1.807) is 12.1 Å². The number of rotatable bonds is 3. The number of hydrogen-bond donors (Lipinski definition) is 0. The minimum absolute atomic E-state index is 0.113. The predicted molar refractivity (Wildman–Crippen MR) is 87.4 cm³/mol. The lowest BCUT2D eigenvalue weighted by Crippen LogP contribution is -2.01. The van der Waals surface area contributed by atoms with E-state index in [4.69, 9.17) is 27.9 Å². The van der Waals surface area contributed by atoms with Gasteiger partial charge in [0.1, 0.15) is 11.6 Å². The van der Waals surface area contributed by atoms with Crippen molar-refractivity contribution in [1.82, 2.24) is 0 Å². The number of fused-ring (bicyclic) bond motifs is 1. The van der Waals surface area contributed by atoms with Crippen LogP contribution in [0.15, 0.2) is 30.3 Å². The van der Waals surface area contributed by atoms with E-state index in [2.05, 4.69) is 15.9 Å². The monoisotopic (exact) mass is 388 g/mol. The van der Waals surface area contributed by atoms with Crippen LogP contribution in [0, 0.1) is 5.82 Å². The molecule has 5 heteroatoms. The SMILES string of the molecule is Fc1cccc(Cl)c1CC(Br)c1cc(Cl)cc2c1OCC2. The molecule has 2 aromatic carbocycles. The smallest absolute Gasteiger partial charge is 0.127 e. The van der Waals surface area contributed by atoms with Crippen molar-refractivity contribution in [2.24, 2.45) is 0 Å². The van der Waals surface area contributed by atoms with Crippen molar-refractivity contribution in [3.05, 3.63) is 62.9 Å². The highest BCUT2D eigenvalue weighted by atomic mass is 79.9. The molecule has 0 aromatic heterocycles. The summed E-state index contributed by atoms with van der Waals surface area (Å²) in [4.78, 5) is -0.113. The summed E-state index contributed by atoms with van der Waals surface area (Å²) in [6, 6.07) is 8.49. The summed E-state index contributed by atoms with van der Waals surface area (Å²) in [5.41, 5.74) is 2.53. The van der Waals surface area contributed by atoms with Gasteiger partial charge in [0, 0.05) is 32.4 Å². The van der Waals surface area contributed by atoms with Gasteiger partial charge in [-0.2, -0.15) is 0 Å². The Balaban J connectivity index is 1.95. The number of halogens is 4. The Morgan fingerprint density at radius 2 is 2.10 bits per heavy atom. The van der Waals surface area contributed by atoms with Gasteiger partial charge >= 0.3 is 0 Å². The van der Waals surface area contributed by atoms with E-state index in [1.807, 2.05) is 12.1 Å². The van der Waals surface area contributed by atoms with Crippen LogP contribution >= 0.6 is 39.1 Å². The molecule has 0 spiro atoms. The molecular weight excluding hydrogens is 378 g/mol. The van der Waals surface area contributed by atoms with Crippen LogP contribution in [0.4, 0.5) is 4.39 Å². The third kappa shape index (κ3) is 3.05. The van der Waals surface area contributed by atoms with E-state index in [1.165, 1.54) is 6.07 Å². The average Bonchev–Trinajstić information content (AvgIpc) is 2.90. The van der Waals surface area contributed by atoms with Crippen molar-refractivity contribution in [2.45, 2.75) is 17.7 Å². The van der Waals surface area contributed by atoms with Gasteiger partial charge in [0.2, 0.25) is 0 Å². The molecule has 0 saturated carbocycles. The van der Waals surface area contributed by atoms with Crippen molar-refractivity contribution in [1.29, 1.82) is 0 Å². The first kappa shape index (κ1) is 15.1. The van der Waals surface area contributed by atoms with Crippen LogP contribution in [0.2, 0.25) is 10.0 Å². The lowest BCUT2D eigenvalue weighted by Gasteiger charge is -2.16. The lowest BCUT2D eigenvalue weighted by molar-refractivity contribution is 0.353. The Kier molecular flexibility index (Phi) is 4.43. The lowest BCUT2D eigenvalue weighted by atomic mass is 10.0. The zero-order valence-electron chi connectivity index (χ0n) is 11.0. The predicted octanol–water partition coefficient (Wildman–Crippen LogP) is 5.75. The molecule has 0 bridgehead atoms. The first-order valence-electron chi connectivity index (χ1n) is 6.58. The van der Waals surface area contributed by atoms with Gasteiger partial charge in [-0.1, -0.05) is 45.2 Å². The van der Waals surface area contributed by atoms with E-state index < -0.39 is 0 Å². The molecule has 1 aliphatic heterocycles. The molecule has 0 aliphatic carbocycles. The number of hydrogen-bond acceptors (Lipinski definition) is 1. The molecule has 0 saturated heterocycles. The van der Waals surface area contributed by atoms with Gasteiger partial charge in [-0.05, 0) is 36.2 Å². The van der Waals surface area contributed by atoms with E-state index >= 15 is 0 Å². The molecule has 2 aromatic rings. The van der Waals surface area contributed by atoms with Crippen LogP contribution in [0.1, 0.15) is 21.5 Å². The van der Waals surface area contributed by atoms with E-state index in [9.17, 15) is 4.39 Å². The maximum Gasteiger partial charge on any atom is 0.127 e. The van der Waals surface area contributed by atoms with Gasteiger partial charge in [-0.25, -0.2) is 4.39 Å². The van der Waals surface area contributed by atoms with E-state index in [-0.39, 0.29) is 10.6 Å². The van der Waals surface area contributed by atoms with E-state index in [0.717, 1.165) is 23.3 Å². The summed E-state index contributed by atoms with van der Waals surface area (Å²) >= 11 is 15.9.